The largest absolute Gasteiger partial charge is 0.456 e. The van der Waals surface area contributed by atoms with Crippen LogP contribution in [0.5, 0.6) is 0 Å². The first-order valence-corrected chi connectivity index (χ1v) is 15.3. The van der Waals surface area contributed by atoms with E-state index < -0.39 is 0 Å². The molecular formula is C43H27N3O. The second-order valence-electron chi connectivity index (χ2n) is 11.3. The van der Waals surface area contributed by atoms with Crippen molar-refractivity contribution in [2.24, 2.45) is 0 Å². The molecule has 0 N–H and O–H groups in total. The van der Waals surface area contributed by atoms with Crippen LogP contribution in [0.1, 0.15) is 6.85 Å². The van der Waals surface area contributed by atoms with Gasteiger partial charge in [0.05, 0.1) is 6.85 Å². The van der Waals surface area contributed by atoms with Gasteiger partial charge < -0.3 is 4.42 Å². The number of fused-ring (bicyclic) bond motifs is 4. The summed E-state index contributed by atoms with van der Waals surface area (Å²) in [5.41, 5.74) is 6.14. The van der Waals surface area contributed by atoms with Crippen molar-refractivity contribution < 1.29 is 11.3 Å². The van der Waals surface area contributed by atoms with Gasteiger partial charge in [0.15, 0.2) is 17.5 Å². The van der Waals surface area contributed by atoms with Crippen LogP contribution in [0.2, 0.25) is 0 Å². The van der Waals surface area contributed by atoms with E-state index in [-0.39, 0.29) is 52.8 Å². The van der Waals surface area contributed by atoms with E-state index in [0.29, 0.717) is 22.4 Å². The Hall–Kier alpha value is -6.39. The minimum Gasteiger partial charge on any atom is -0.456 e. The summed E-state index contributed by atoms with van der Waals surface area (Å²) in [6.45, 7) is 0. The van der Waals surface area contributed by atoms with E-state index in [1.165, 1.54) is 12.1 Å². The lowest BCUT2D eigenvalue weighted by molar-refractivity contribution is 0.669. The highest BCUT2D eigenvalue weighted by Gasteiger charge is 2.19. The molecule has 0 atom stereocenters. The Labute approximate surface area is 278 Å². The molecule has 0 aliphatic carbocycles. The minimum atomic E-state index is -0.278. The fourth-order valence-electron chi connectivity index (χ4n) is 6.13. The summed E-state index contributed by atoms with van der Waals surface area (Å²) in [5, 5.41) is 2.79. The normalized spacial score (nSPS) is 12.9. The molecule has 47 heavy (non-hydrogen) atoms. The highest BCUT2D eigenvalue weighted by molar-refractivity contribution is 6.11. The molecule has 0 bridgehead atoms. The Kier molecular flexibility index (Phi) is 5.28. The number of para-hydroxylation sites is 1. The predicted molar refractivity (Wildman–Crippen MR) is 192 cm³/mol. The quantitative estimate of drug-likeness (QED) is 0.196. The maximum atomic E-state index is 9.13. The standard InChI is InChI=1S/C43H27N3O/c1-3-13-29(14-4-1)34-25-24-33(27-37(34)30-15-5-2-6-16-30)42-44-41(32-23-22-28-12-7-8-17-31(28)26-32)45-43(46-42)36-19-11-21-39-40(36)35-18-9-10-20-38(35)47-39/h1-27H/i9D,10D,19D,20D,21D. The van der Waals surface area contributed by atoms with E-state index in [0.717, 1.165) is 44.2 Å². The van der Waals surface area contributed by atoms with Gasteiger partial charge in [0, 0.05) is 27.5 Å². The number of hydrogen-bond acceptors (Lipinski definition) is 4. The number of nitrogens with zero attached hydrogens (tertiary/aromatic N) is 3. The topological polar surface area (TPSA) is 51.8 Å². The lowest BCUT2D eigenvalue weighted by atomic mass is 9.92. The van der Waals surface area contributed by atoms with Gasteiger partial charge in [-0.3, -0.25) is 0 Å². The van der Waals surface area contributed by atoms with E-state index in [1.807, 2.05) is 84.9 Å². The molecule has 0 unspecified atom stereocenters. The second kappa shape index (κ2) is 11.2. The third-order valence-corrected chi connectivity index (χ3v) is 8.39. The summed E-state index contributed by atoms with van der Waals surface area (Å²) in [6.07, 6.45) is 0. The number of benzene rings is 7. The van der Waals surface area contributed by atoms with Crippen LogP contribution < -0.4 is 0 Å². The minimum absolute atomic E-state index is 0.0146. The molecule has 0 amide bonds. The van der Waals surface area contributed by atoms with Gasteiger partial charge in [-0.1, -0.05) is 139 Å². The van der Waals surface area contributed by atoms with Crippen molar-refractivity contribution in [3.63, 3.8) is 0 Å². The second-order valence-corrected chi connectivity index (χ2v) is 11.3. The maximum Gasteiger partial charge on any atom is 0.164 e. The lowest BCUT2D eigenvalue weighted by Gasteiger charge is -2.14. The van der Waals surface area contributed by atoms with Gasteiger partial charge in [0.25, 0.3) is 0 Å². The molecule has 4 heteroatoms. The first-order chi connectivity index (χ1) is 25.3. The van der Waals surface area contributed by atoms with Crippen LogP contribution in [-0.2, 0) is 0 Å². The lowest BCUT2D eigenvalue weighted by Crippen LogP contribution is -2.01. The van der Waals surface area contributed by atoms with Crippen LogP contribution in [-0.4, -0.2) is 15.0 Å². The zero-order valence-electron chi connectivity index (χ0n) is 30.0. The molecule has 0 aliphatic heterocycles. The van der Waals surface area contributed by atoms with E-state index in [2.05, 4.69) is 36.4 Å². The Balaban J connectivity index is 1.34. The number of aromatic nitrogens is 3. The van der Waals surface area contributed by atoms with Crippen molar-refractivity contribution in [3.8, 4) is 56.4 Å². The molecule has 220 valence electrons. The van der Waals surface area contributed by atoms with Crippen LogP contribution in [0, 0.1) is 0 Å². The molecule has 0 aliphatic rings. The molecule has 2 aromatic heterocycles. The summed E-state index contributed by atoms with van der Waals surface area (Å²) < 4.78 is 49.0. The van der Waals surface area contributed by atoms with Crippen molar-refractivity contribution in [3.05, 3.63) is 164 Å². The van der Waals surface area contributed by atoms with Gasteiger partial charge in [-0.2, -0.15) is 0 Å². The van der Waals surface area contributed by atoms with Gasteiger partial charge in [-0.15, -0.1) is 0 Å². The molecule has 2 heterocycles. The first-order valence-electron chi connectivity index (χ1n) is 17.8. The number of furan rings is 1. The van der Waals surface area contributed by atoms with Crippen LogP contribution in [0.15, 0.2) is 168 Å². The van der Waals surface area contributed by atoms with Crippen molar-refractivity contribution in [1.29, 1.82) is 0 Å². The van der Waals surface area contributed by atoms with E-state index in [1.54, 1.807) is 0 Å². The molecule has 9 aromatic rings. The summed E-state index contributed by atoms with van der Waals surface area (Å²) in [7, 11) is 0. The Morgan fingerprint density at radius 3 is 1.87 bits per heavy atom. The Morgan fingerprint density at radius 1 is 0.426 bits per heavy atom. The van der Waals surface area contributed by atoms with Gasteiger partial charge in [0.1, 0.15) is 11.2 Å². The van der Waals surface area contributed by atoms with Gasteiger partial charge in [-0.25, -0.2) is 15.0 Å². The Morgan fingerprint density at radius 2 is 1.09 bits per heavy atom. The van der Waals surface area contributed by atoms with Gasteiger partial charge in [0.2, 0.25) is 0 Å². The van der Waals surface area contributed by atoms with Crippen molar-refractivity contribution in [2.45, 2.75) is 0 Å². The molecule has 0 spiro atoms. The molecule has 9 rings (SSSR count). The predicted octanol–water partition coefficient (Wildman–Crippen LogP) is 11.3. The average molecular weight is 607 g/mol. The monoisotopic (exact) mass is 606 g/mol. The summed E-state index contributed by atoms with van der Waals surface area (Å²) in [4.78, 5) is 15.0. The first kappa shape index (κ1) is 22.2. The highest BCUT2D eigenvalue weighted by Crippen LogP contribution is 2.38. The molecule has 4 nitrogen and oxygen atoms in total. The molecular weight excluding hydrogens is 574 g/mol. The van der Waals surface area contributed by atoms with Crippen LogP contribution in [0.25, 0.3) is 89.1 Å². The van der Waals surface area contributed by atoms with Crippen LogP contribution in [0.3, 0.4) is 0 Å². The van der Waals surface area contributed by atoms with Crippen molar-refractivity contribution >= 4 is 32.7 Å². The number of rotatable bonds is 5. The van der Waals surface area contributed by atoms with Crippen molar-refractivity contribution in [2.75, 3.05) is 0 Å². The van der Waals surface area contributed by atoms with E-state index in [4.69, 9.17) is 26.2 Å². The van der Waals surface area contributed by atoms with Gasteiger partial charge >= 0.3 is 0 Å². The third kappa shape index (κ3) is 4.84. The SMILES string of the molecule is [2H]c1cc2c(oc3c([2H])cc([2H])c(-c4nc(-c5ccc(-c6ccccc6)c(-c6ccccc6)c5)nc(-c5ccc6ccccc6c5)n4)c32)c([2H])c1[2H]. The van der Waals surface area contributed by atoms with E-state index in [9.17, 15) is 0 Å². The molecule has 0 saturated carbocycles. The fourth-order valence-corrected chi connectivity index (χ4v) is 6.13. The van der Waals surface area contributed by atoms with Crippen LogP contribution in [0.4, 0.5) is 0 Å². The highest BCUT2D eigenvalue weighted by atomic mass is 16.3. The van der Waals surface area contributed by atoms with E-state index >= 15 is 0 Å². The smallest absolute Gasteiger partial charge is 0.164 e. The molecule has 0 radical (unpaired) electrons. The zero-order chi connectivity index (χ0) is 35.5. The molecule has 0 fully saturated rings. The third-order valence-electron chi connectivity index (χ3n) is 8.39. The molecule has 0 saturated heterocycles. The van der Waals surface area contributed by atoms with Crippen LogP contribution >= 0.6 is 0 Å². The zero-order valence-corrected chi connectivity index (χ0v) is 25.0. The number of hydrogen-bond donors (Lipinski definition) is 0. The van der Waals surface area contributed by atoms with Gasteiger partial charge in [-0.05, 0) is 57.2 Å². The Bertz CT molecular complexity index is 2860. The summed E-state index contributed by atoms with van der Waals surface area (Å²) in [5.74, 6) is 0.966. The maximum absolute atomic E-state index is 9.13. The summed E-state index contributed by atoms with van der Waals surface area (Å²) >= 11 is 0. The fraction of sp³-hybridized carbons (Fsp3) is 0. The molecule has 7 aromatic carbocycles. The summed E-state index contributed by atoms with van der Waals surface area (Å²) in [6, 6.07) is 42.6. The average Bonchev–Trinajstić information content (AvgIpc) is 3.56. The van der Waals surface area contributed by atoms with Crippen molar-refractivity contribution in [1.82, 2.24) is 15.0 Å².